The lowest BCUT2D eigenvalue weighted by atomic mass is 10.1. The molecule has 1 heterocycles. The van der Waals surface area contributed by atoms with E-state index in [9.17, 15) is 4.79 Å². The van der Waals surface area contributed by atoms with Gasteiger partial charge in [-0.3, -0.25) is 4.79 Å². The second-order valence-electron chi connectivity index (χ2n) is 4.35. The monoisotopic (exact) mass is 262 g/mol. The summed E-state index contributed by atoms with van der Waals surface area (Å²) in [6, 6.07) is 8.01. The highest BCUT2D eigenvalue weighted by Crippen LogP contribution is 2.19. The lowest BCUT2D eigenvalue weighted by Crippen LogP contribution is -2.04. The topological polar surface area (TPSA) is 34.9 Å². The Labute approximate surface area is 111 Å². The zero-order valence-corrected chi connectivity index (χ0v) is 11.5. The molecule has 0 aliphatic heterocycles. The predicted octanol–water partition coefficient (Wildman–Crippen LogP) is 3.22. The number of nitrogens with zero attached hydrogens (tertiary/aromatic N) is 2. The van der Waals surface area contributed by atoms with Crippen LogP contribution in [0.2, 0.25) is 0 Å². The average molecular weight is 263 g/mol. The minimum atomic E-state index is -0.0782. The van der Waals surface area contributed by atoms with Crippen molar-refractivity contribution in [2.75, 3.05) is 5.88 Å². The minimum Gasteiger partial charge on any atom is -0.293 e. The maximum atomic E-state index is 11.8. The molecule has 0 saturated carbocycles. The molecule has 18 heavy (non-hydrogen) atoms. The van der Waals surface area contributed by atoms with Crippen molar-refractivity contribution in [2.45, 2.75) is 20.8 Å². The zero-order valence-electron chi connectivity index (χ0n) is 10.7. The third-order valence-corrected chi connectivity index (χ3v) is 3.18. The summed E-state index contributed by atoms with van der Waals surface area (Å²) in [5.41, 5.74) is 4.31. The number of carbonyl (C=O) groups is 1. The molecule has 2 aromatic rings. The fraction of sp³-hybridized carbons (Fsp3) is 0.286. The van der Waals surface area contributed by atoms with E-state index in [1.54, 1.807) is 4.68 Å². The van der Waals surface area contributed by atoms with Crippen LogP contribution < -0.4 is 0 Å². The number of aromatic nitrogens is 2. The summed E-state index contributed by atoms with van der Waals surface area (Å²) in [6.07, 6.45) is 0. The Balaban J connectivity index is 2.57. The molecule has 0 spiro atoms. The summed E-state index contributed by atoms with van der Waals surface area (Å²) in [6.45, 7) is 5.75. The first-order valence-corrected chi connectivity index (χ1v) is 6.30. The van der Waals surface area contributed by atoms with E-state index in [0.29, 0.717) is 5.56 Å². The molecule has 1 aromatic carbocycles. The van der Waals surface area contributed by atoms with E-state index < -0.39 is 0 Å². The van der Waals surface area contributed by atoms with Gasteiger partial charge in [-0.1, -0.05) is 12.1 Å². The number of rotatable bonds is 3. The standard InChI is InChI=1S/C14H15ClN2O/c1-9-5-4-6-12(7-9)17-11(3)14(10(2)16-17)13(18)8-15/h4-7H,8H2,1-3H3. The van der Waals surface area contributed by atoms with E-state index in [4.69, 9.17) is 11.6 Å². The molecule has 0 aliphatic rings. The van der Waals surface area contributed by atoms with Crippen LogP contribution in [-0.4, -0.2) is 21.4 Å². The van der Waals surface area contributed by atoms with Crippen molar-refractivity contribution in [2.24, 2.45) is 0 Å². The van der Waals surface area contributed by atoms with Crippen molar-refractivity contribution in [3.8, 4) is 5.69 Å². The summed E-state index contributed by atoms with van der Waals surface area (Å²) in [5.74, 6) is -0.0909. The molecule has 0 aliphatic carbocycles. The Morgan fingerprint density at radius 3 is 2.67 bits per heavy atom. The van der Waals surface area contributed by atoms with E-state index in [0.717, 1.165) is 22.6 Å². The number of ketones is 1. The second-order valence-corrected chi connectivity index (χ2v) is 4.62. The number of carbonyl (C=O) groups excluding carboxylic acids is 1. The van der Waals surface area contributed by atoms with Gasteiger partial charge >= 0.3 is 0 Å². The highest BCUT2D eigenvalue weighted by atomic mass is 35.5. The Kier molecular flexibility index (Phi) is 3.53. The molecule has 94 valence electrons. The number of alkyl halides is 1. The third-order valence-electron chi connectivity index (χ3n) is 2.94. The molecule has 2 rings (SSSR count). The van der Waals surface area contributed by atoms with Crippen LogP contribution in [0.25, 0.3) is 5.69 Å². The van der Waals surface area contributed by atoms with Gasteiger partial charge in [0.25, 0.3) is 0 Å². The SMILES string of the molecule is Cc1cccc(-n2nc(C)c(C(=O)CCl)c2C)c1. The van der Waals surface area contributed by atoms with Crippen molar-refractivity contribution in [1.29, 1.82) is 0 Å². The molecule has 4 heteroatoms. The number of halogens is 1. The molecule has 0 atom stereocenters. The van der Waals surface area contributed by atoms with Gasteiger partial charge in [0.1, 0.15) is 0 Å². The van der Waals surface area contributed by atoms with Gasteiger partial charge in [-0.15, -0.1) is 11.6 Å². The van der Waals surface area contributed by atoms with Gasteiger partial charge in [-0.05, 0) is 38.5 Å². The van der Waals surface area contributed by atoms with Crippen molar-refractivity contribution in [3.63, 3.8) is 0 Å². The molecule has 0 N–H and O–H groups in total. The van der Waals surface area contributed by atoms with Gasteiger partial charge in [0.15, 0.2) is 5.78 Å². The van der Waals surface area contributed by atoms with E-state index in [1.165, 1.54) is 0 Å². The minimum absolute atomic E-state index is 0.0127. The Bertz CT molecular complexity index is 602. The van der Waals surface area contributed by atoms with E-state index in [1.807, 2.05) is 45.0 Å². The maximum absolute atomic E-state index is 11.8. The van der Waals surface area contributed by atoms with Gasteiger partial charge in [-0.2, -0.15) is 5.10 Å². The summed E-state index contributed by atoms with van der Waals surface area (Å²) >= 11 is 5.62. The van der Waals surface area contributed by atoms with E-state index in [2.05, 4.69) is 5.10 Å². The average Bonchev–Trinajstić information content (AvgIpc) is 2.64. The third kappa shape index (κ3) is 2.18. The highest BCUT2D eigenvalue weighted by molar-refractivity contribution is 6.30. The van der Waals surface area contributed by atoms with Crippen LogP contribution in [0.3, 0.4) is 0 Å². The summed E-state index contributed by atoms with van der Waals surface area (Å²) in [7, 11) is 0. The second kappa shape index (κ2) is 4.94. The molecule has 1 aromatic heterocycles. The van der Waals surface area contributed by atoms with Crippen LogP contribution in [-0.2, 0) is 0 Å². The number of hydrogen-bond acceptors (Lipinski definition) is 2. The van der Waals surface area contributed by atoms with Crippen LogP contribution in [0.1, 0.15) is 27.3 Å². The fourth-order valence-electron chi connectivity index (χ4n) is 2.12. The highest BCUT2D eigenvalue weighted by Gasteiger charge is 2.18. The normalized spacial score (nSPS) is 10.7. The maximum Gasteiger partial charge on any atom is 0.181 e. The van der Waals surface area contributed by atoms with Crippen molar-refractivity contribution >= 4 is 17.4 Å². The molecule has 0 amide bonds. The smallest absolute Gasteiger partial charge is 0.181 e. The lowest BCUT2D eigenvalue weighted by Gasteiger charge is -2.05. The molecular weight excluding hydrogens is 248 g/mol. The first-order chi connectivity index (χ1) is 8.54. The molecule has 0 unspecified atom stereocenters. The van der Waals surface area contributed by atoms with E-state index in [-0.39, 0.29) is 11.7 Å². The van der Waals surface area contributed by atoms with Crippen LogP contribution in [0.4, 0.5) is 0 Å². The first-order valence-electron chi connectivity index (χ1n) is 5.77. The fourth-order valence-corrected chi connectivity index (χ4v) is 2.26. The van der Waals surface area contributed by atoms with Gasteiger partial charge in [0.05, 0.1) is 28.5 Å². The van der Waals surface area contributed by atoms with Crippen LogP contribution in [0.15, 0.2) is 24.3 Å². The Morgan fingerprint density at radius 2 is 2.06 bits per heavy atom. The number of Topliss-reactive ketones (excluding diaryl/α,β-unsaturated/α-hetero) is 1. The molecule has 0 bridgehead atoms. The van der Waals surface area contributed by atoms with Crippen molar-refractivity contribution < 1.29 is 4.79 Å². The predicted molar refractivity (Wildman–Crippen MR) is 72.8 cm³/mol. The number of aryl methyl sites for hydroxylation is 2. The molecule has 3 nitrogen and oxygen atoms in total. The van der Waals surface area contributed by atoms with Crippen molar-refractivity contribution in [1.82, 2.24) is 9.78 Å². The van der Waals surface area contributed by atoms with Gasteiger partial charge in [-0.25, -0.2) is 4.68 Å². The summed E-state index contributed by atoms with van der Waals surface area (Å²) in [4.78, 5) is 11.8. The number of hydrogen-bond donors (Lipinski definition) is 0. The zero-order chi connectivity index (χ0) is 13.3. The largest absolute Gasteiger partial charge is 0.293 e. The molecule has 0 radical (unpaired) electrons. The molecular formula is C14H15ClN2O. The van der Waals surface area contributed by atoms with Crippen LogP contribution in [0, 0.1) is 20.8 Å². The lowest BCUT2D eigenvalue weighted by molar-refractivity contribution is 0.102. The Morgan fingerprint density at radius 1 is 1.33 bits per heavy atom. The summed E-state index contributed by atoms with van der Waals surface area (Å²) in [5, 5.41) is 4.43. The van der Waals surface area contributed by atoms with Gasteiger partial charge in [0.2, 0.25) is 0 Å². The van der Waals surface area contributed by atoms with Gasteiger partial charge in [0, 0.05) is 0 Å². The van der Waals surface area contributed by atoms with Gasteiger partial charge < -0.3 is 0 Å². The van der Waals surface area contributed by atoms with Crippen molar-refractivity contribution in [3.05, 3.63) is 46.8 Å². The Hall–Kier alpha value is -1.61. The first kappa shape index (κ1) is 12.8. The number of benzene rings is 1. The summed E-state index contributed by atoms with van der Waals surface area (Å²) < 4.78 is 1.79. The molecule has 0 saturated heterocycles. The quantitative estimate of drug-likeness (QED) is 0.629. The van der Waals surface area contributed by atoms with Crippen LogP contribution >= 0.6 is 11.6 Å². The van der Waals surface area contributed by atoms with Crippen LogP contribution in [0.5, 0.6) is 0 Å². The van der Waals surface area contributed by atoms with E-state index >= 15 is 0 Å². The molecule has 0 fully saturated rings.